The largest absolute Gasteiger partial charge is 0.467 e. The van der Waals surface area contributed by atoms with Gasteiger partial charge in [0, 0.05) is 0 Å². The summed E-state index contributed by atoms with van der Waals surface area (Å²) >= 11 is 0. The van der Waals surface area contributed by atoms with Crippen molar-refractivity contribution in [3.63, 3.8) is 0 Å². The monoisotopic (exact) mass is 226 g/mol. The van der Waals surface area contributed by atoms with Gasteiger partial charge in [0.15, 0.2) is 6.10 Å². The lowest BCUT2D eigenvalue weighted by Crippen LogP contribution is -2.13. The summed E-state index contributed by atoms with van der Waals surface area (Å²) in [4.78, 5) is 11.0. The van der Waals surface area contributed by atoms with Crippen LogP contribution in [0.3, 0.4) is 0 Å². The molecule has 0 radical (unpaired) electrons. The normalized spacial score (nSPS) is 14.2. The standard InChI is InChI=1S/C11H14O5/c1-16-11(15)10(14)8-4-2-7(3-5-8)9(13)6-12/h2-5,9-10,12-14H,6H2,1H3. The van der Waals surface area contributed by atoms with Crippen LogP contribution < -0.4 is 0 Å². The maximum absolute atomic E-state index is 11.0. The van der Waals surface area contributed by atoms with Crippen LogP contribution in [0.2, 0.25) is 0 Å². The zero-order valence-electron chi connectivity index (χ0n) is 8.83. The van der Waals surface area contributed by atoms with Crippen LogP contribution in [0.1, 0.15) is 23.3 Å². The van der Waals surface area contributed by atoms with Gasteiger partial charge in [0.05, 0.1) is 13.7 Å². The van der Waals surface area contributed by atoms with Crippen molar-refractivity contribution in [1.82, 2.24) is 0 Å². The molecule has 0 bridgehead atoms. The molecule has 0 amide bonds. The highest BCUT2D eigenvalue weighted by molar-refractivity contribution is 5.76. The van der Waals surface area contributed by atoms with Gasteiger partial charge < -0.3 is 20.1 Å². The van der Waals surface area contributed by atoms with Gasteiger partial charge in [0.1, 0.15) is 6.10 Å². The van der Waals surface area contributed by atoms with Gasteiger partial charge in [-0.15, -0.1) is 0 Å². The Bertz CT molecular complexity index is 346. The molecule has 2 atom stereocenters. The van der Waals surface area contributed by atoms with Gasteiger partial charge in [-0.25, -0.2) is 4.79 Å². The van der Waals surface area contributed by atoms with E-state index in [0.717, 1.165) is 0 Å². The first-order valence-electron chi connectivity index (χ1n) is 4.74. The van der Waals surface area contributed by atoms with Crippen molar-refractivity contribution in [3.05, 3.63) is 35.4 Å². The van der Waals surface area contributed by atoms with E-state index < -0.39 is 18.2 Å². The maximum Gasteiger partial charge on any atom is 0.339 e. The van der Waals surface area contributed by atoms with Crippen LogP contribution in [-0.4, -0.2) is 35.0 Å². The molecule has 1 aromatic carbocycles. The summed E-state index contributed by atoms with van der Waals surface area (Å²) in [6.45, 7) is -0.376. The van der Waals surface area contributed by atoms with E-state index >= 15 is 0 Å². The highest BCUT2D eigenvalue weighted by atomic mass is 16.5. The average molecular weight is 226 g/mol. The number of hydrogen-bond donors (Lipinski definition) is 3. The Labute approximate surface area is 92.9 Å². The molecule has 0 aliphatic carbocycles. The van der Waals surface area contributed by atoms with Gasteiger partial charge in [-0.05, 0) is 11.1 Å². The van der Waals surface area contributed by atoms with E-state index in [2.05, 4.69) is 4.74 Å². The van der Waals surface area contributed by atoms with Crippen molar-refractivity contribution in [1.29, 1.82) is 0 Å². The third-order valence-corrected chi connectivity index (χ3v) is 2.23. The van der Waals surface area contributed by atoms with E-state index in [4.69, 9.17) is 5.11 Å². The molecule has 0 aromatic heterocycles. The summed E-state index contributed by atoms with van der Waals surface area (Å²) in [5, 5.41) is 27.5. The highest BCUT2D eigenvalue weighted by Crippen LogP contribution is 2.18. The number of aliphatic hydroxyl groups is 3. The summed E-state index contributed by atoms with van der Waals surface area (Å²) in [5.41, 5.74) is 0.893. The van der Waals surface area contributed by atoms with Crippen molar-refractivity contribution in [2.75, 3.05) is 13.7 Å². The third-order valence-electron chi connectivity index (χ3n) is 2.23. The number of methoxy groups -OCH3 is 1. The molecule has 0 spiro atoms. The Hall–Kier alpha value is -1.43. The fourth-order valence-electron chi connectivity index (χ4n) is 1.25. The van der Waals surface area contributed by atoms with E-state index in [0.29, 0.717) is 11.1 Å². The molecule has 1 aromatic rings. The fourth-order valence-corrected chi connectivity index (χ4v) is 1.25. The minimum atomic E-state index is -1.33. The van der Waals surface area contributed by atoms with Gasteiger partial charge in [-0.1, -0.05) is 24.3 Å². The van der Waals surface area contributed by atoms with Crippen LogP contribution in [0.4, 0.5) is 0 Å². The van der Waals surface area contributed by atoms with Crippen LogP contribution in [0.15, 0.2) is 24.3 Å². The number of esters is 1. The number of ether oxygens (including phenoxy) is 1. The van der Waals surface area contributed by atoms with Gasteiger partial charge >= 0.3 is 5.97 Å². The Morgan fingerprint density at radius 3 is 2.19 bits per heavy atom. The molecular weight excluding hydrogens is 212 g/mol. The lowest BCUT2D eigenvalue weighted by atomic mass is 10.0. The van der Waals surface area contributed by atoms with Crippen molar-refractivity contribution in [3.8, 4) is 0 Å². The summed E-state index contributed by atoms with van der Waals surface area (Å²) in [6.07, 6.45) is -2.28. The number of rotatable bonds is 4. The van der Waals surface area contributed by atoms with E-state index in [1.807, 2.05) is 0 Å². The molecule has 5 nitrogen and oxygen atoms in total. The van der Waals surface area contributed by atoms with Crippen LogP contribution in [0.25, 0.3) is 0 Å². The Morgan fingerprint density at radius 2 is 1.75 bits per heavy atom. The third kappa shape index (κ3) is 2.79. The smallest absolute Gasteiger partial charge is 0.339 e. The topological polar surface area (TPSA) is 87.0 Å². The van der Waals surface area contributed by atoms with Crippen molar-refractivity contribution < 1.29 is 24.9 Å². The van der Waals surface area contributed by atoms with Gasteiger partial charge in [-0.3, -0.25) is 0 Å². The molecule has 16 heavy (non-hydrogen) atoms. The Morgan fingerprint density at radius 1 is 1.25 bits per heavy atom. The Balaban J connectivity index is 2.82. The number of hydrogen-bond acceptors (Lipinski definition) is 5. The molecule has 5 heteroatoms. The number of carbonyl (C=O) groups excluding carboxylic acids is 1. The maximum atomic E-state index is 11.0. The van der Waals surface area contributed by atoms with E-state index in [1.54, 1.807) is 0 Å². The molecule has 0 heterocycles. The van der Waals surface area contributed by atoms with Crippen LogP contribution in [-0.2, 0) is 9.53 Å². The number of benzene rings is 1. The van der Waals surface area contributed by atoms with Gasteiger partial charge in [0.25, 0.3) is 0 Å². The van der Waals surface area contributed by atoms with Gasteiger partial charge in [0.2, 0.25) is 0 Å². The summed E-state index contributed by atoms with van der Waals surface area (Å²) in [7, 11) is 1.19. The predicted molar refractivity (Wildman–Crippen MR) is 55.5 cm³/mol. The molecule has 0 saturated heterocycles. The molecule has 3 N–H and O–H groups in total. The molecule has 0 aliphatic rings. The Kier molecular flexibility index (Phi) is 4.42. The fraction of sp³-hybridized carbons (Fsp3) is 0.364. The predicted octanol–water partition coefficient (Wildman–Crippen LogP) is -0.0813. The highest BCUT2D eigenvalue weighted by Gasteiger charge is 2.17. The number of aliphatic hydroxyl groups excluding tert-OH is 3. The summed E-state index contributed by atoms with van der Waals surface area (Å²) in [6, 6.07) is 6.05. The second-order valence-electron chi connectivity index (χ2n) is 3.29. The average Bonchev–Trinajstić information content (AvgIpc) is 2.36. The second-order valence-corrected chi connectivity index (χ2v) is 3.29. The van der Waals surface area contributed by atoms with Crippen molar-refractivity contribution >= 4 is 5.97 Å². The minimum Gasteiger partial charge on any atom is -0.467 e. The minimum absolute atomic E-state index is 0.376. The zero-order chi connectivity index (χ0) is 12.1. The van der Waals surface area contributed by atoms with E-state index in [-0.39, 0.29) is 6.61 Å². The van der Waals surface area contributed by atoms with Gasteiger partial charge in [-0.2, -0.15) is 0 Å². The van der Waals surface area contributed by atoms with Crippen LogP contribution in [0.5, 0.6) is 0 Å². The molecule has 1 rings (SSSR count). The molecular formula is C11H14O5. The molecule has 0 fully saturated rings. The quantitative estimate of drug-likeness (QED) is 0.625. The molecule has 0 saturated carbocycles. The lowest BCUT2D eigenvalue weighted by Gasteiger charge is -2.11. The van der Waals surface area contributed by atoms with Crippen LogP contribution in [0, 0.1) is 0 Å². The first-order valence-corrected chi connectivity index (χ1v) is 4.74. The molecule has 88 valence electrons. The first-order chi connectivity index (χ1) is 7.60. The number of carbonyl (C=O) groups is 1. The summed E-state index contributed by atoms with van der Waals surface area (Å²) < 4.78 is 4.39. The molecule has 2 unspecified atom stereocenters. The van der Waals surface area contributed by atoms with E-state index in [1.165, 1.54) is 31.4 Å². The lowest BCUT2D eigenvalue weighted by molar-refractivity contribution is -0.150. The van der Waals surface area contributed by atoms with Crippen LogP contribution >= 0.6 is 0 Å². The first kappa shape index (κ1) is 12.6. The van der Waals surface area contributed by atoms with Crippen molar-refractivity contribution in [2.24, 2.45) is 0 Å². The van der Waals surface area contributed by atoms with E-state index in [9.17, 15) is 15.0 Å². The van der Waals surface area contributed by atoms with Crippen molar-refractivity contribution in [2.45, 2.75) is 12.2 Å². The molecule has 0 aliphatic heterocycles. The summed E-state index contributed by atoms with van der Waals surface area (Å²) in [5.74, 6) is -0.740. The SMILES string of the molecule is COC(=O)C(O)c1ccc(C(O)CO)cc1. The zero-order valence-corrected chi connectivity index (χ0v) is 8.83. The second kappa shape index (κ2) is 5.60.